The fourth-order valence-electron chi connectivity index (χ4n) is 5.28. The van der Waals surface area contributed by atoms with Crippen LogP contribution in [-0.2, 0) is 29.7 Å². The van der Waals surface area contributed by atoms with E-state index in [4.69, 9.17) is 9.84 Å². The summed E-state index contributed by atoms with van der Waals surface area (Å²) in [5, 5.41) is 14.3. The molecule has 0 bridgehead atoms. The molecule has 3 atom stereocenters. The smallest absolute Gasteiger partial charge is 0.341 e. The van der Waals surface area contributed by atoms with E-state index < -0.39 is 71.6 Å². The highest BCUT2D eigenvalue weighted by Gasteiger charge is 2.36. The van der Waals surface area contributed by atoms with E-state index in [2.05, 4.69) is 10.6 Å². The maximum atomic E-state index is 14.6. The van der Waals surface area contributed by atoms with Gasteiger partial charge < -0.3 is 30.3 Å². The lowest BCUT2D eigenvalue weighted by atomic mass is 9.95. The van der Waals surface area contributed by atoms with Crippen LogP contribution in [0, 0.1) is 11.6 Å². The number of likely N-dealkylation sites (tertiary alicyclic amines) is 1. The van der Waals surface area contributed by atoms with E-state index in [0.717, 1.165) is 23.9 Å². The van der Waals surface area contributed by atoms with Crippen molar-refractivity contribution in [2.24, 2.45) is 0 Å². The van der Waals surface area contributed by atoms with Gasteiger partial charge in [-0.3, -0.25) is 19.2 Å². The molecule has 1 saturated heterocycles. The molecule has 240 valence electrons. The Hall–Kier alpha value is -4.53. The van der Waals surface area contributed by atoms with Crippen molar-refractivity contribution >= 4 is 47.3 Å². The predicted octanol–water partition coefficient (Wildman–Crippen LogP) is 1.80. The summed E-state index contributed by atoms with van der Waals surface area (Å²) in [5.41, 5.74) is -0.633. The molecule has 2 aromatic rings. The van der Waals surface area contributed by atoms with E-state index in [1.165, 1.54) is 49.0 Å². The number of likely N-dealkylation sites (N-methyl/N-ethyl adjacent to an activating group) is 1. The number of aromatic carboxylic acids is 1. The van der Waals surface area contributed by atoms with Crippen molar-refractivity contribution in [1.29, 1.82) is 0 Å². The zero-order valence-electron chi connectivity index (χ0n) is 24.7. The third-order valence-corrected chi connectivity index (χ3v) is 8.59. The lowest BCUT2D eigenvalue weighted by molar-refractivity contribution is -0.139. The van der Waals surface area contributed by atoms with E-state index in [0.29, 0.717) is 24.9 Å². The molecular weight excluding hydrogens is 614 g/mol. The van der Waals surface area contributed by atoms with E-state index in [9.17, 15) is 37.5 Å². The molecule has 2 aliphatic rings. The van der Waals surface area contributed by atoms with Crippen LogP contribution in [-0.4, -0.2) is 102 Å². The van der Waals surface area contributed by atoms with Gasteiger partial charge in [0.25, 0.3) is 0 Å². The number of ether oxygens (including phenoxy) is 1. The Kier molecular flexibility index (Phi) is 10.4. The second-order valence-electron chi connectivity index (χ2n) is 10.8. The first-order valence-electron chi connectivity index (χ1n) is 14.0. The van der Waals surface area contributed by atoms with Crippen molar-refractivity contribution in [3.8, 4) is 11.1 Å². The molecule has 45 heavy (non-hydrogen) atoms. The van der Waals surface area contributed by atoms with Crippen LogP contribution in [0.1, 0.15) is 46.0 Å². The van der Waals surface area contributed by atoms with Gasteiger partial charge in [0, 0.05) is 39.1 Å². The number of hydrogen-bond donors (Lipinski definition) is 3. The summed E-state index contributed by atoms with van der Waals surface area (Å²) in [6, 6.07) is 2.78. The van der Waals surface area contributed by atoms with Crippen LogP contribution in [0.2, 0.25) is 0 Å². The number of carboxylic acids is 1. The standard InChI is InChI=1S/C30H32F2N4O8S/c1-15(37)36-9-5-8-24(36)27(39)33-22-12-44-30(43)18-7-4-6-17(16-10-20(31)25(29(41)42)21(32)11-16)19(18)13-45-14-23(34-26(22)38)28(40)35(2)3/h4,6-7,10-11,22-24H,5,8-9,12-14H2,1-3H3,(H,33,39)(H,34,38)(H,41,42)/t22-,23-,24+/m1/s1. The Balaban J connectivity index is 1.71. The van der Waals surface area contributed by atoms with Gasteiger partial charge >= 0.3 is 11.9 Å². The number of benzene rings is 2. The molecule has 15 heteroatoms. The van der Waals surface area contributed by atoms with Gasteiger partial charge in [0.15, 0.2) is 0 Å². The van der Waals surface area contributed by atoms with E-state index in [-0.39, 0.29) is 34.1 Å². The van der Waals surface area contributed by atoms with E-state index in [1.807, 2.05) is 0 Å². The normalized spacial score (nSPS) is 20.6. The fraction of sp³-hybridized carbons (Fsp3) is 0.400. The third-order valence-electron chi connectivity index (χ3n) is 7.52. The third kappa shape index (κ3) is 7.41. The summed E-state index contributed by atoms with van der Waals surface area (Å²) in [6.07, 6.45) is 0.967. The Morgan fingerprint density at radius 3 is 2.40 bits per heavy atom. The van der Waals surface area contributed by atoms with E-state index in [1.54, 1.807) is 0 Å². The molecule has 2 aliphatic heterocycles. The van der Waals surface area contributed by atoms with Crippen LogP contribution in [0.25, 0.3) is 11.1 Å². The van der Waals surface area contributed by atoms with Gasteiger partial charge in [-0.25, -0.2) is 18.4 Å². The van der Waals surface area contributed by atoms with E-state index >= 15 is 0 Å². The number of carbonyl (C=O) groups excluding carboxylic acids is 5. The lowest BCUT2D eigenvalue weighted by Crippen LogP contribution is -2.58. The summed E-state index contributed by atoms with van der Waals surface area (Å²) in [7, 11) is 3.01. The average molecular weight is 647 g/mol. The topological polar surface area (TPSA) is 162 Å². The number of cyclic esters (lactones) is 1. The summed E-state index contributed by atoms with van der Waals surface area (Å²) < 4.78 is 34.8. The molecule has 0 aromatic heterocycles. The molecule has 1 fully saturated rings. The van der Waals surface area contributed by atoms with Crippen molar-refractivity contribution in [3.05, 3.63) is 58.7 Å². The predicted molar refractivity (Wildman–Crippen MR) is 158 cm³/mol. The summed E-state index contributed by atoms with van der Waals surface area (Å²) in [6.45, 7) is 1.08. The molecule has 4 amide bonds. The first kappa shape index (κ1) is 33.4. The van der Waals surface area contributed by atoms with Crippen molar-refractivity contribution in [3.63, 3.8) is 0 Å². The number of rotatable bonds is 5. The van der Waals surface area contributed by atoms with Crippen LogP contribution in [0.5, 0.6) is 0 Å². The number of carbonyl (C=O) groups is 6. The highest BCUT2D eigenvalue weighted by atomic mass is 32.2. The minimum absolute atomic E-state index is 0.00298. The average Bonchev–Trinajstić information content (AvgIpc) is 3.47. The molecule has 4 rings (SSSR count). The fourth-order valence-corrected chi connectivity index (χ4v) is 6.37. The highest BCUT2D eigenvalue weighted by Crippen LogP contribution is 2.33. The van der Waals surface area contributed by atoms with Crippen molar-refractivity contribution in [1.82, 2.24) is 20.4 Å². The summed E-state index contributed by atoms with van der Waals surface area (Å²) in [4.78, 5) is 78.9. The number of amides is 4. The largest absolute Gasteiger partial charge is 0.477 e. The number of nitrogens with one attached hydrogen (secondary N) is 2. The van der Waals surface area contributed by atoms with Gasteiger partial charge in [0.2, 0.25) is 23.6 Å². The SMILES string of the molecule is CC(=O)N1CCC[C@H]1C(=O)N[C@@H]1COC(=O)c2cccc(-c3cc(F)c(C(=O)O)c(F)c3)c2CSC[C@H](C(=O)N(C)C)NC1=O. The van der Waals surface area contributed by atoms with Gasteiger partial charge in [0.1, 0.15) is 41.9 Å². The summed E-state index contributed by atoms with van der Waals surface area (Å²) in [5.74, 6) is -7.36. The Morgan fingerprint density at radius 1 is 1.11 bits per heavy atom. The second-order valence-corrected chi connectivity index (χ2v) is 11.8. The van der Waals surface area contributed by atoms with Crippen molar-refractivity contribution in [2.45, 2.75) is 43.6 Å². The summed E-state index contributed by atoms with van der Waals surface area (Å²) >= 11 is 1.15. The van der Waals surface area contributed by atoms with Gasteiger partial charge in [0.05, 0.1) is 5.56 Å². The first-order valence-corrected chi connectivity index (χ1v) is 15.1. The molecule has 0 saturated carbocycles. The molecule has 0 unspecified atom stereocenters. The van der Waals surface area contributed by atoms with Crippen LogP contribution >= 0.6 is 11.8 Å². The van der Waals surface area contributed by atoms with Crippen LogP contribution in [0.15, 0.2) is 30.3 Å². The quantitative estimate of drug-likeness (QED) is 0.412. The molecule has 2 heterocycles. The zero-order valence-corrected chi connectivity index (χ0v) is 25.5. The number of esters is 1. The minimum Gasteiger partial charge on any atom is -0.477 e. The Labute approximate surface area is 261 Å². The van der Waals surface area contributed by atoms with Crippen LogP contribution in [0.4, 0.5) is 8.78 Å². The Morgan fingerprint density at radius 2 is 1.78 bits per heavy atom. The molecule has 0 aliphatic carbocycles. The van der Waals surface area contributed by atoms with Gasteiger partial charge in [-0.15, -0.1) is 0 Å². The number of hydrogen-bond acceptors (Lipinski definition) is 8. The monoisotopic (exact) mass is 646 g/mol. The second kappa shape index (κ2) is 14.1. The molecule has 12 nitrogen and oxygen atoms in total. The Bertz CT molecular complexity index is 1530. The van der Waals surface area contributed by atoms with Gasteiger partial charge in [-0.2, -0.15) is 11.8 Å². The number of halogens is 2. The molecule has 3 N–H and O–H groups in total. The molecule has 0 radical (unpaired) electrons. The van der Waals surface area contributed by atoms with Crippen LogP contribution < -0.4 is 10.6 Å². The lowest BCUT2D eigenvalue weighted by Gasteiger charge is -2.28. The molecule has 2 aromatic carbocycles. The number of thioether (sulfide) groups is 1. The minimum atomic E-state index is -1.78. The molecular formula is C30H32F2N4O8S. The van der Waals surface area contributed by atoms with Gasteiger partial charge in [-0.05, 0) is 47.7 Å². The maximum absolute atomic E-state index is 14.6. The van der Waals surface area contributed by atoms with Crippen LogP contribution in [0.3, 0.4) is 0 Å². The number of carboxylic acid groups (broad SMARTS) is 1. The van der Waals surface area contributed by atoms with Crippen molar-refractivity contribution < 1.29 is 47.4 Å². The number of nitrogens with zero attached hydrogens (tertiary/aromatic N) is 2. The first-order chi connectivity index (χ1) is 21.3. The maximum Gasteiger partial charge on any atom is 0.341 e. The zero-order chi connectivity index (χ0) is 33.0. The number of fused-ring (bicyclic) bond motifs is 1. The van der Waals surface area contributed by atoms with Crippen molar-refractivity contribution in [2.75, 3.05) is 33.0 Å². The highest BCUT2D eigenvalue weighted by molar-refractivity contribution is 7.98. The van der Waals surface area contributed by atoms with Gasteiger partial charge in [-0.1, -0.05) is 12.1 Å². The molecule has 0 spiro atoms.